The van der Waals surface area contributed by atoms with Crippen molar-refractivity contribution in [3.05, 3.63) is 130 Å². The molecule has 9 heteroatoms. The fourth-order valence-electron chi connectivity index (χ4n) is 5.23. The number of fused-ring (bicyclic) bond motifs is 1. The minimum absolute atomic E-state index is 0.0909. The van der Waals surface area contributed by atoms with Crippen LogP contribution in [0, 0.1) is 0 Å². The molecule has 0 aliphatic carbocycles. The first kappa shape index (κ1) is 27.4. The van der Waals surface area contributed by atoms with Crippen molar-refractivity contribution in [2.45, 2.75) is 37.8 Å². The van der Waals surface area contributed by atoms with Crippen LogP contribution in [0.5, 0.6) is 0 Å². The minimum atomic E-state index is -4.41. The van der Waals surface area contributed by atoms with Gasteiger partial charge in [-0.2, -0.15) is 13.2 Å². The molecule has 1 N–H and O–H groups in total. The summed E-state index contributed by atoms with van der Waals surface area (Å²) in [6.07, 6.45) is -4.07. The van der Waals surface area contributed by atoms with E-state index in [0.717, 1.165) is 23.3 Å². The third kappa shape index (κ3) is 5.69. The fourth-order valence-corrected chi connectivity index (χ4v) is 5.23. The molecule has 42 heavy (non-hydrogen) atoms. The van der Waals surface area contributed by atoms with Gasteiger partial charge in [0.15, 0.2) is 0 Å². The van der Waals surface area contributed by atoms with Gasteiger partial charge in [-0.05, 0) is 65.9 Å². The number of aromatic nitrogens is 2. The summed E-state index contributed by atoms with van der Waals surface area (Å²) >= 11 is 0. The molecule has 0 radical (unpaired) electrons. The van der Waals surface area contributed by atoms with Gasteiger partial charge in [0.25, 0.3) is 11.5 Å². The highest BCUT2D eigenvalue weighted by atomic mass is 19.4. The predicted molar refractivity (Wildman–Crippen MR) is 154 cm³/mol. The Hall–Kier alpha value is -4.76. The number of nitrogens with zero attached hydrogens (tertiary/aromatic N) is 2. The Morgan fingerprint density at radius 1 is 0.881 bits per heavy atom. The van der Waals surface area contributed by atoms with E-state index < -0.39 is 29.9 Å². The van der Waals surface area contributed by atoms with E-state index in [1.165, 1.54) is 16.7 Å². The highest BCUT2D eigenvalue weighted by Gasteiger charge is 2.32. The van der Waals surface area contributed by atoms with Crippen LogP contribution in [0.2, 0.25) is 0 Å². The van der Waals surface area contributed by atoms with Gasteiger partial charge >= 0.3 is 6.18 Å². The van der Waals surface area contributed by atoms with E-state index in [9.17, 15) is 22.8 Å². The van der Waals surface area contributed by atoms with Crippen LogP contribution in [0.15, 0.2) is 108 Å². The number of benzene rings is 4. The Morgan fingerprint density at radius 2 is 1.57 bits per heavy atom. The zero-order valence-corrected chi connectivity index (χ0v) is 22.3. The molecule has 0 saturated carbocycles. The first-order valence-electron chi connectivity index (χ1n) is 13.6. The molecule has 1 aliphatic heterocycles. The molecule has 0 spiro atoms. The number of hydrogen-bond acceptors (Lipinski definition) is 4. The predicted octanol–water partition coefficient (Wildman–Crippen LogP) is 7.25. The highest BCUT2D eigenvalue weighted by Crippen LogP contribution is 2.36. The zero-order valence-electron chi connectivity index (χ0n) is 22.3. The second-order valence-electron chi connectivity index (χ2n) is 10.2. The Morgan fingerprint density at radius 3 is 2.26 bits per heavy atom. The molecule has 0 bridgehead atoms. The van der Waals surface area contributed by atoms with Crippen molar-refractivity contribution in [3.8, 4) is 11.1 Å². The van der Waals surface area contributed by atoms with E-state index in [2.05, 4.69) is 5.32 Å². The van der Waals surface area contributed by atoms with E-state index >= 15 is 0 Å². The molecule has 1 fully saturated rings. The molecule has 1 aromatic heterocycles. The number of nitrogens with one attached hydrogen (secondary N) is 1. The SMILES string of the molecule is O=C(Nc1nc2cc(-c3ccccc3)ccc2c(=O)n1CC1CCC(c2ccc(C(F)(F)F)cc2)O1)c1ccccc1. The van der Waals surface area contributed by atoms with Gasteiger partial charge in [-0.15, -0.1) is 0 Å². The number of rotatable bonds is 6. The van der Waals surface area contributed by atoms with E-state index in [4.69, 9.17) is 9.72 Å². The number of amides is 1. The number of carbonyl (C=O) groups excluding carboxylic acids is 1. The van der Waals surface area contributed by atoms with Crippen LogP contribution in [0.25, 0.3) is 22.0 Å². The normalized spacial score (nSPS) is 16.9. The average molecular weight is 570 g/mol. The summed E-state index contributed by atoms with van der Waals surface area (Å²) < 4.78 is 46.6. The van der Waals surface area contributed by atoms with Gasteiger partial charge in [0, 0.05) is 5.56 Å². The maximum absolute atomic E-state index is 13.8. The number of carbonyl (C=O) groups is 1. The van der Waals surface area contributed by atoms with Gasteiger partial charge in [-0.3, -0.25) is 19.5 Å². The summed E-state index contributed by atoms with van der Waals surface area (Å²) in [5.41, 5.74) is 2.29. The van der Waals surface area contributed by atoms with Crippen LogP contribution in [0.3, 0.4) is 0 Å². The molecule has 2 heterocycles. The van der Waals surface area contributed by atoms with E-state index in [1.807, 2.05) is 42.5 Å². The second-order valence-corrected chi connectivity index (χ2v) is 10.2. The van der Waals surface area contributed by atoms with E-state index in [-0.39, 0.29) is 18.1 Å². The van der Waals surface area contributed by atoms with Crippen molar-refractivity contribution in [1.82, 2.24) is 9.55 Å². The molecular weight excluding hydrogens is 543 g/mol. The van der Waals surface area contributed by atoms with Gasteiger partial charge in [-0.1, -0.05) is 66.7 Å². The first-order valence-corrected chi connectivity index (χ1v) is 13.6. The summed E-state index contributed by atoms with van der Waals surface area (Å²) in [4.78, 5) is 31.6. The molecule has 2 atom stereocenters. The van der Waals surface area contributed by atoms with Gasteiger partial charge in [0.05, 0.1) is 35.2 Å². The minimum Gasteiger partial charge on any atom is -0.368 e. The standard InChI is InChI=1S/C33H26F3N3O3/c34-33(35,36)25-14-11-22(12-15-25)29-18-16-26(42-29)20-39-31(41)27-17-13-24(21-7-3-1-4-8-21)19-28(27)37-32(39)38-30(40)23-9-5-2-6-10-23/h1-15,17,19,26,29H,16,18,20H2,(H,37,38,40). The third-order valence-corrected chi connectivity index (χ3v) is 7.43. The van der Waals surface area contributed by atoms with Crippen molar-refractivity contribution in [3.63, 3.8) is 0 Å². The quantitative estimate of drug-likeness (QED) is 0.234. The number of halogens is 3. The Labute approximate surface area is 239 Å². The van der Waals surface area contributed by atoms with Gasteiger partial charge < -0.3 is 4.74 Å². The maximum Gasteiger partial charge on any atom is 0.416 e. The molecule has 2 unspecified atom stereocenters. The molecule has 6 rings (SSSR count). The summed E-state index contributed by atoms with van der Waals surface area (Å²) in [7, 11) is 0. The van der Waals surface area contributed by atoms with Crippen molar-refractivity contribution in [2.75, 3.05) is 5.32 Å². The summed E-state index contributed by atoms with van der Waals surface area (Å²) in [5, 5.41) is 3.20. The monoisotopic (exact) mass is 569 g/mol. The van der Waals surface area contributed by atoms with Crippen molar-refractivity contribution in [1.29, 1.82) is 0 Å². The van der Waals surface area contributed by atoms with Gasteiger partial charge in [0.2, 0.25) is 5.95 Å². The number of alkyl halides is 3. The van der Waals surface area contributed by atoms with Gasteiger partial charge in [-0.25, -0.2) is 4.98 Å². The lowest BCUT2D eigenvalue weighted by molar-refractivity contribution is -0.137. The molecule has 1 aliphatic rings. The van der Waals surface area contributed by atoms with Crippen LogP contribution in [-0.4, -0.2) is 21.6 Å². The number of ether oxygens (including phenoxy) is 1. The molecule has 1 amide bonds. The molecule has 4 aromatic carbocycles. The number of anilines is 1. The smallest absolute Gasteiger partial charge is 0.368 e. The van der Waals surface area contributed by atoms with Crippen molar-refractivity contribution in [2.24, 2.45) is 0 Å². The van der Waals surface area contributed by atoms with Crippen LogP contribution >= 0.6 is 0 Å². The number of hydrogen-bond donors (Lipinski definition) is 1. The Bertz CT molecular complexity index is 1790. The Kier molecular flexibility index (Phi) is 7.34. The van der Waals surface area contributed by atoms with E-state index in [1.54, 1.807) is 36.4 Å². The molecule has 212 valence electrons. The maximum atomic E-state index is 13.8. The molecule has 6 nitrogen and oxygen atoms in total. The molecule has 1 saturated heterocycles. The first-order chi connectivity index (χ1) is 20.3. The topological polar surface area (TPSA) is 73.2 Å². The molecular formula is C33H26F3N3O3. The van der Waals surface area contributed by atoms with Crippen LogP contribution in [-0.2, 0) is 17.5 Å². The van der Waals surface area contributed by atoms with Crippen molar-refractivity contribution >= 4 is 22.8 Å². The summed E-state index contributed by atoms with van der Waals surface area (Å²) in [5.74, 6) is -0.321. The zero-order chi connectivity index (χ0) is 29.3. The molecule has 5 aromatic rings. The lowest BCUT2D eigenvalue weighted by Gasteiger charge is -2.19. The fraction of sp³-hybridized carbons (Fsp3) is 0.182. The van der Waals surface area contributed by atoms with Crippen LogP contribution in [0.1, 0.15) is 40.4 Å². The second kappa shape index (κ2) is 11.3. The van der Waals surface area contributed by atoms with E-state index in [0.29, 0.717) is 34.9 Å². The summed E-state index contributed by atoms with van der Waals surface area (Å²) in [6, 6.07) is 28.7. The highest BCUT2D eigenvalue weighted by molar-refractivity contribution is 6.03. The lowest BCUT2D eigenvalue weighted by atomic mass is 10.0. The van der Waals surface area contributed by atoms with Crippen LogP contribution in [0.4, 0.5) is 19.1 Å². The average Bonchev–Trinajstić information content (AvgIpc) is 3.48. The third-order valence-electron chi connectivity index (χ3n) is 7.43. The lowest BCUT2D eigenvalue weighted by Crippen LogP contribution is -2.31. The van der Waals surface area contributed by atoms with Crippen molar-refractivity contribution < 1.29 is 22.7 Å². The van der Waals surface area contributed by atoms with Gasteiger partial charge in [0.1, 0.15) is 0 Å². The van der Waals surface area contributed by atoms with Crippen LogP contribution < -0.4 is 10.9 Å². The largest absolute Gasteiger partial charge is 0.416 e. The Balaban J connectivity index is 1.32. The summed E-state index contributed by atoms with van der Waals surface area (Å²) in [6.45, 7) is 0.115.